The maximum Gasteiger partial charge on any atom is 0.338 e. The van der Waals surface area contributed by atoms with E-state index in [1.54, 1.807) is 38.1 Å². The zero-order valence-electron chi connectivity index (χ0n) is 17.0. The maximum absolute atomic E-state index is 12.2. The van der Waals surface area contributed by atoms with Gasteiger partial charge in [0.1, 0.15) is 0 Å². The summed E-state index contributed by atoms with van der Waals surface area (Å²) in [5, 5.41) is 5.53. The highest BCUT2D eigenvalue weighted by Crippen LogP contribution is 2.13. The number of sulfonamides is 1. The van der Waals surface area contributed by atoms with Crippen LogP contribution < -0.4 is 15.4 Å². The molecule has 0 fully saturated rings. The topological polar surface area (TPSA) is 131 Å². The van der Waals surface area contributed by atoms with Gasteiger partial charge in [-0.3, -0.25) is 14.8 Å². The second kappa shape index (κ2) is 10.9. The zero-order chi connectivity index (χ0) is 22.9. The number of ether oxygens (including phenoxy) is 1. The Morgan fingerprint density at radius 3 is 2.26 bits per heavy atom. The minimum atomic E-state index is -3.75. The molecule has 0 atom stereocenters. The number of imide groups is 1. The van der Waals surface area contributed by atoms with Crippen LogP contribution in [-0.4, -0.2) is 39.0 Å². The van der Waals surface area contributed by atoms with Crippen LogP contribution in [0.3, 0.4) is 0 Å². The van der Waals surface area contributed by atoms with Crippen LogP contribution in [0.2, 0.25) is 0 Å². The highest BCUT2D eigenvalue weighted by molar-refractivity contribution is 7.95. The van der Waals surface area contributed by atoms with Crippen LogP contribution >= 0.6 is 0 Å². The van der Waals surface area contributed by atoms with Gasteiger partial charge in [-0.2, -0.15) is 0 Å². The molecule has 2 aromatic rings. The molecular weight excluding hydrogens is 422 g/mol. The summed E-state index contributed by atoms with van der Waals surface area (Å²) < 4.78 is 31.5. The van der Waals surface area contributed by atoms with Gasteiger partial charge in [0.15, 0.2) is 6.61 Å². The van der Waals surface area contributed by atoms with E-state index in [-0.39, 0.29) is 17.3 Å². The van der Waals surface area contributed by atoms with Crippen LogP contribution in [-0.2, 0) is 19.6 Å². The Labute approximate surface area is 180 Å². The number of nitrogens with one attached hydrogen (secondary N) is 3. The first-order chi connectivity index (χ1) is 14.6. The number of amides is 3. The lowest BCUT2D eigenvalue weighted by Gasteiger charge is -2.09. The van der Waals surface area contributed by atoms with E-state index in [2.05, 4.69) is 10.0 Å². The summed E-state index contributed by atoms with van der Waals surface area (Å²) in [4.78, 5) is 35.0. The number of hydrogen-bond acceptors (Lipinski definition) is 6. The molecule has 0 radical (unpaired) electrons. The van der Waals surface area contributed by atoms with Crippen molar-refractivity contribution >= 4 is 39.7 Å². The van der Waals surface area contributed by atoms with Crippen molar-refractivity contribution in [3.05, 3.63) is 71.1 Å². The summed E-state index contributed by atoms with van der Waals surface area (Å²) >= 11 is 0. The average Bonchev–Trinajstić information content (AvgIpc) is 2.71. The number of rotatable bonds is 8. The number of urea groups is 1. The number of benzene rings is 2. The molecule has 9 nitrogen and oxygen atoms in total. The van der Waals surface area contributed by atoms with Crippen molar-refractivity contribution < 1.29 is 27.5 Å². The molecule has 10 heteroatoms. The van der Waals surface area contributed by atoms with Crippen molar-refractivity contribution in [2.24, 2.45) is 0 Å². The second-order valence-electron chi connectivity index (χ2n) is 6.69. The van der Waals surface area contributed by atoms with E-state index in [0.29, 0.717) is 0 Å². The van der Waals surface area contributed by atoms with Crippen LogP contribution in [0.15, 0.2) is 60.0 Å². The third kappa shape index (κ3) is 8.70. The predicted octanol–water partition coefficient (Wildman–Crippen LogP) is 2.49. The van der Waals surface area contributed by atoms with Gasteiger partial charge in [0.05, 0.1) is 11.0 Å². The van der Waals surface area contributed by atoms with Crippen molar-refractivity contribution in [2.45, 2.75) is 19.9 Å². The van der Waals surface area contributed by atoms with E-state index >= 15 is 0 Å². The van der Waals surface area contributed by atoms with E-state index in [0.717, 1.165) is 11.0 Å². The lowest BCUT2D eigenvalue weighted by atomic mass is 10.2. The van der Waals surface area contributed by atoms with Gasteiger partial charge in [-0.05, 0) is 49.8 Å². The molecule has 0 unspecified atom stereocenters. The van der Waals surface area contributed by atoms with Gasteiger partial charge in [0, 0.05) is 11.7 Å². The molecule has 0 saturated heterocycles. The minimum absolute atomic E-state index is 0.113. The van der Waals surface area contributed by atoms with Gasteiger partial charge >= 0.3 is 12.0 Å². The fourth-order valence-electron chi connectivity index (χ4n) is 2.28. The highest BCUT2D eigenvalue weighted by Gasteiger charge is 2.13. The summed E-state index contributed by atoms with van der Waals surface area (Å²) in [6.45, 7) is 2.82. The molecule has 0 aromatic heterocycles. The van der Waals surface area contributed by atoms with Crippen LogP contribution in [0.4, 0.5) is 10.5 Å². The van der Waals surface area contributed by atoms with Crippen molar-refractivity contribution in [2.75, 3.05) is 11.3 Å². The summed E-state index contributed by atoms with van der Waals surface area (Å²) in [5.74, 6) is -1.57. The quantitative estimate of drug-likeness (QED) is 0.535. The van der Waals surface area contributed by atoms with E-state index in [1.165, 1.54) is 30.3 Å². The molecule has 0 aliphatic heterocycles. The Kier molecular flexibility index (Phi) is 8.33. The molecule has 0 heterocycles. The molecule has 164 valence electrons. The van der Waals surface area contributed by atoms with Crippen molar-refractivity contribution in [3.63, 3.8) is 0 Å². The van der Waals surface area contributed by atoms with Gasteiger partial charge in [0.2, 0.25) is 0 Å². The molecule has 0 saturated carbocycles. The molecule has 31 heavy (non-hydrogen) atoms. The van der Waals surface area contributed by atoms with Gasteiger partial charge in [-0.1, -0.05) is 30.3 Å². The lowest BCUT2D eigenvalue weighted by Crippen LogP contribution is -2.44. The van der Waals surface area contributed by atoms with E-state index in [9.17, 15) is 22.8 Å². The Morgan fingerprint density at radius 2 is 1.65 bits per heavy atom. The summed E-state index contributed by atoms with van der Waals surface area (Å²) in [5.41, 5.74) is 1.09. The van der Waals surface area contributed by atoms with Gasteiger partial charge < -0.3 is 10.1 Å². The Bertz CT molecular complexity index is 1050. The number of hydrogen-bond donors (Lipinski definition) is 3. The van der Waals surface area contributed by atoms with E-state index < -0.39 is 34.5 Å². The van der Waals surface area contributed by atoms with E-state index in [1.807, 2.05) is 11.4 Å². The predicted molar refractivity (Wildman–Crippen MR) is 117 cm³/mol. The minimum Gasteiger partial charge on any atom is -0.452 e. The van der Waals surface area contributed by atoms with Gasteiger partial charge in [0.25, 0.3) is 15.9 Å². The lowest BCUT2D eigenvalue weighted by molar-refractivity contribution is -0.123. The molecule has 2 aromatic carbocycles. The molecule has 0 spiro atoms. The first-order valence-corrected chi connectivity index (χ1v) is 10.8. The molecular formula is C21H23N3O6S. The smallest absolute Gasteiger partial charge is 0.338 e. The standard InChI is InChI=1S/C21H23N3O6S/c1-15(2)22-21(27)23-19(25)14-30-20(26)17-8-10-18(11-9-17)24-31(28,29)13-12-16-6-4-3-5-7-16/h3-13,15,24H,14H2,1-2H3,(H2,22,23,25,27)/b13-12+. The van der Waals surface area contributed by atoms with Crippen molar-refractivity contribution in [1.29, 1.82) is 0 Å². The molecule has 3 amide bonds. The number of esters is 1. The number of carbonyl (C=O) groups excluding carboxylic acids is 3. The first kappa shape index (κ1) is 23.6. The Hall–Kier alpha value is -3.66. The summed E-state index contributed by atoms with van der Waals surface area (Å²) in [6.07, 6.45) is 1.46. The first-order valence-electron chi connectivity index (χ1n) is 9.28. The normalized spacial score (nSPS) is 11.2. The molecule has 0 aliphatic rings. The molecule has 0 aliphatic carbocycles. The van der Waals surface area contributed by atoms with Crippen LogP contribution in [0.5, 0.6) is 0 Å². The maximum atomic E-state index is 12.2. The third-order valence-electron chi connectivity index (χ3n) is 3.63. The monoisotopic (exact) mass is 445 g/mol. The SMILES string of the molecule is CC(C)NC(=O)NC(=O)COC(=O)c1ccc(NS(=O)(=O)/C=C/c2ccccc2)cc1. The van der Waals surface area contributed by atoms with Crippen molar-refractivity contribution in [3.8, 4) is 0 Å². The van der Waals surface area contributed by atoms with E-state index in [4.69, 9.17) is 4.74 Å². The van der Waals surface area contributed by atoms with Gasteiger partial charge in [-0.25, -0.2) is 18.0 Å². The molecule has 0 bridgehead atoms. The summed E-state index contributed by atoms with van der Waals surface area (Å²) in [6, 6.07) is 13.6. The number of anilines is 1. The van der Waals surface area contributed by atoms with Crippen LogP contribution in [0.1, 0.15) is 29.8 Å². The van der Waals surface area contributed by atoms with Gasteiger partial charge in [-0.15, -0.1) is 0 Å². The van der Waals surface area contributed by atoms with Crippen LogP contribution in [0, 0.1) is 0 Å². The second-order valence-corrected chi connectivity index (χ2v) is 8.26. The fraction of sp³-hybridized carbons (Fsp3) is 0.190. The average molecular weight is 445 g/mol. The number of carbonyl (C=O) groups is 3. The van der Waals surface area contributed by atoms with Crippen LogP contribution in [0.25, 0.3) is 6.08 Å². The molecule has 3 N–H and O–H groups in total. The largest absolute Gasteiger partial charge is 0.452 e. The molecule has 2 rings (SSSR count). The summed E-state index contributed by atoms with van der Waals surface area (Å²) in [7, 11) is -3.75. The highest BCUT2D eigenvalue weighted by atomic mass is 32.2. The third-order valence-corrected chi connectivity index (χ3v) is 4.64. The Balaban J connectivity index is 1.88. The zero-order valence-corrected chi connectivity index (χ0v) is 17.8. The fourth-order valence-corrected chi connectivity index (χ4v) is 3.15. The Morgan fingerprint density at radius 1 is 1.00 bits per heavy atom. The van der Waals surface area contributed by atoms with Crippen molar-refractivity contribution in [1.82, 2.24) is 10.6 Å².